The lowest BCUT2D eigenvalue weighted by molar-refractivity contribution is 0.670. The molecule has 6 aromatic rings. The largest absolute Gasteiger partial charge is 0.355 e. The number of fused-ring (bicyclic) bond motifs is 8. The summed E-state index contributed by atoms with van der Waals surface area (Å²) in [5.41, 5.74) is 12.4. The number of hydrogen-bond donors (Lipinski definition) is 3. The van der Waals surface area contributed by atoms with E-state index in [0.717, 1.165) is 85.1 Å². The maximum absolute atomic E-state index is 5.22. The molecule has 1 aliphatic rings. The molecule has 212 valence electrons. The Bertz CT molecular complexity index is 2110. The fraction of sp³-hybridized carbons (Fsp3) is 0.158. The van der Waals surface area contributed by atoms with Crippen LogP contribution in [0.1, 0.15) is 44.0 Å². The van der Waals surface area contributed by atoms with Gasteiger partial charge in [-0.2, -0.15) is 0 Å². The first-order chi connectivity index (χ1) is 21.3. The first-order valence-corrected chi connectivity index (χ1v) is 15.2. The van der Waals surface area contributed by atoms with Crippen molar-refractivity contribution in [2.75, 3.05) is 6.54 Å². The number of benzene rings is 2. The molecule has 0 unspecified atom stereocenters. The van der Waals surface area contributed by atoms with E-state index < -0.39 is 0 Å². The summed E-state index contributed by atoms with van der Waals surface area (Å²) in [4.78, 5) is 21.4. The van der Waals surface area contributed by atoms with Crippen LogP contribution < -0.4 is 5.36 Å². The summed E-state index contributed by atoms with van der Waals surface area (Å²) in [6.45, 7) is 3.01. The van der Waals surface area contributed by atoms with Crippen LogP contribution in [-0.2, 0) is 0 Å². The van der Waals surface area contributed by atoms with Crippen molar-refractivity contribution < 1.29 is 0 Å². The van der Waals surface area contributed by atoms with Crippen molar-refractivity contribution in [3.05, 3.63) is 120 Å². The van der Waals surface area contributed by atoms with Crippen LogP contribution in [0.15, 0.2) is 108 Å². The highest BCUT2D eigenvalue weighted by atomic mass is 14.8. The molecule has 5 heterocycles. The normalized spacial score (nSPS) is 12.3. The zero-order chi connectivity index (χ0) is 29.0. The van der Waals surface area contributed by atoms with Crippen molar-refractivity contribution in [2.45, 2.75) is 32.6 Å². The summed E-state index contributed by atoms with van der Waals surface area (Å²) in [7, 11) is 0. The Balaban J connectivity index is 1.58. The predicted molar refractivity (Wildman–Crippen MR) is 181 cm³/mol. The highest BCUT2D eigenvalue weighted by Gasteiger charge is 2.13. The van der Waals surface area contributed by atoms with E-state index in [0.29, 0.717) is 0 Å². The molecule has 0 saturated heterocycles. The van der Waals surface area contributed by atoms with E-state index in [1.54, 1.807) is 0 Å². The molecule has 5 heteroatoms. The van der Waals surface area contributed by atoms with Gasteiger partial charge in [0, 0.05) is 45.3 Å². The van der Waals surface area contributed by atoms with Crippen LogP contribution in [0.3, 0.4) is 0 Å². The van der Waals surface area contributed by atoms with Crippen molar-refractivity contribution >= 4 is 45.3 Å². The molecular weight excluding hydrogens is 526 g/mol. The van der Waals surface area contributed by atoms with Gasteiger partial charge in [-0.25, -0.2) is 4.98 Å². The molecule has 2 aromatic carbocycles. The molecule has 0 radical (unpaired) electrons. The number of nitrogens with zero attached hydrogens (tertiary/aromatic N) is 2. The van der Waals surface area contributed by atoms with Gasteiger partial charge in [-0.15, -0.1) is 0 Å². The summed E-state index contributed by atoms with van der Waals surface area (Å²) in [5.74, 6) is 0. The average Bonchev–Trinajstić information content (AvgIpc) is 3.86. The van der Waals surface area contributed by atoms with Gasteiger partial charge in [0.15, 0.2) is 0 Å². The van der Waals surface area contributed by atoms with Gasteiger partial charge in [0.1, 0.15) is 5.36 Å². The first kappa shape index (κ1) is 26.7. The lowest BCUT2D eigenvalue weighted by Gasteiger charge is -2.03. The lowest BCUT2D eigenvalue weighted by Crippen LogP contribution is -2.08. The molecule has 0 spiro atoms. The smallest absolute Gasteiger partial charge is 0.107 e. The summed E-state index contributed by atoms with van der Waals surface area (Å²) in [6, 6.07) is 36.0. The molecule has 8 bridgehead atoms. The number of hydrogen-bond acceptors (Lipinski definition) is 2. The quantitative estimate of drug-likeness (QED) is 0.167. The summed E-state index contributed by atoms with van der Waals surface area (Å²) in [6.07, 6.45) is 8.91. The molecule has 0 atom stereocenters. The SMILES string of the molecule is CCCCCCN=c1c2nc(c(-c3ccccc3)c3ccc(cc4ccc([nH]4)c(-c4ccccc4)c4ccc1[nH]4)[nH]3)C=C2. The van der Waals surface area contributed by atoms with E-state index in [2.05, 4.69) is 131 Å². The van der Waals surface area contributed by atoms with Gasteiger partial charge in [0.05, 0.1) is 16.9 Å². The molecule has 43 heavy (non-hydrogen) atoms. The molecule has 0 amide bonds. The second-order valence-electron chi connectivity index (χ2n) is 11.1. The highest BCUT2D eigenvalue weighted by molar-refractivity contribution is 5.94. The first-order valence-electron chi connectivity index (χ1n) is 15.2. The fourth-order valence-electron chi connectivity index (χ4n) is 5.90. The number of H-pyrrole nitrogens is 3. The third-order valence-corrected chi connectivity index (χ3v) is 8.02. The third kappa shape index (κ3) is 5.54. The van der Waals surface area contributed by atoms with Crippen LogP contribution >= 0.6 is 0 Å². The van der Waals surface area contributed by atoms with Crippen LogP contribution in [0.4, 0.5) is 0 Å². The fourth-order valence-corrected chi connectivity index (χ4v) is 5.90. The summed E-state index contributed by atoms with van der Waals surface area (Å²) in [5, 5.41) is 0.897. The minimum Gasteiger partial charge on any atom is -0.355 e. The van der Waals surface area contributed by atoms with Crippen molar-refractivity contribution in [3.8, 4) is 22.3 Å². The zero-order valence-corrected chi connectivity index (χ0v) is 24.4. The van der Waals surface area contributed by atoms with E-state index in [1.165, 1.54) is 19.3 Å². The average molecular weight is 562 g/mol. The summed E-state index contributed by atoms with van der Waals surface area (Å²) >= 11 is 0. The molecule has 0 aliphatic carbocycles. The number of rotatable bonds is 7. The minimum atomic E-state index is 0.770. The van der Waals surface area contributed by atoms with Crippen molar-refractivity contribution in [3.63, 3.8) is 0 Å². The number of aromatic amines is 3. The second-order valence-corrected chi connectivity index (χ2v) is 11.1. The molecule has 5 nitrogen and oxygen atoms in total. The molecule has 0 fully saturated rings. The van der Waals surface area contributed by atoms with Crippen LogP contribution in [-0.4, -0.2) is 26.5 Å². The van der Waals surface area contributed by atoms with E-state index in [4.69, 9.17) is 9.98 Å². The Morgan fingerprint density at radius 2 is 1.14 bits per heavy atom. The Kier molecular flexibility index (Phi) is 7.45. The number of nitrogens with one attached hydrogen (secondary N) is 3. The van der Waals surface area contributed by atoms with Gasteiger partial charge in [-0.05, 0) is 72.2 Å². The van der Waals surface area contributed by atoms with E-state index in [1.807, 2.05) is 6.07 Å². The highest BCUT2D eigenvalue weighted by Crippen LogP contribution is 2.31. The van der Waals surface area contributed by atoms with Gasteiger partial charge < -0.3 is 15.0 Å². The molecule has 7 rings (SSSR count). The maximum atomic E-state index is 5.22. The lowest BCUT2D eigenvalue weighted by atomic mass is 10.0. The van der Waals surface area contributed by atoms with Gasteiger partial charge in [-0.1, -0.05) is 86.8 Å². The van der Waals surface area contributed by atoms with Crippen LogP contribution in [0.25, 0.3) is 67.5 Å². The molecule has 3 N–H and O–H groups in total. The van der Waals surface area contributed by atoms with Crippen molar-refractivity contribution in [1.82, 2.24) is 19.9 Å². The number of aromatic nitrogens is 4. The Hall–Kier alpha value is -5.16. The Labute approximate surface area is 251 Å². The van der Waals surface area contributed by atoms with E-state index in [9.17, 15) is 0 Å². The van der Waals surface area contributed by atoms with E-state index in [-0.39, 0.29) is 0 Å². The van der Waals surface area contributed by atoms with Crippen LogP contribution in [0, 0.1) is 0 Å². The third-order valence-electron chi connectivity index (χ3n) is 8.02. The predicted octanol–water partition coefficient (Wildman–Crippen LogP) is 9.51. The molecule has 0 saturated carbocycles. The van der Waals surface area contributed by atoms with Gasteiger partial charge in [-0.3, -0.25) is 4.99 Å². The van der Waals surface area contributed by atoms with Gasteiger partial charge in [0.25, 0.3) is 0 Å². The van der Waals surface area contributed by atoms with Crippen LogP contribution in [0.2, 0.25) is 0 Å². The minimum absolute atomic E-state index is 0.770. The maximum Gasteiger partial charge on any atom is 0.107 e. The van der Waals surface area contributed by atoms with Crippen LogP contribution in [0.5, 0.6) is 0 Å². The molecule has 4 aromatic heterocycles. The topological polar surface area (TPSA) is 72.6 Å². The van der Waals surface area contributed by atoms with Crippen molar-refractivity contribution in [1.29, 1.82) is 0 Å². The van der Waals surface area contributed by atoms with Gasteiger partial charge >= 0.3 is 0 Å². The Morgan fingerprint density at radius 3 is 1.84 bits per heavy atom. The van der Waals surface area contributed by atoms with E-state index >= 15 is 0 Å². The second kappa shape index (κ2) is 12.0. The standard InChI is InChI=1S/C38H35N5/c1-2-3-4-11-24-39-38-34-22-20-32(42-34)36(26-12-7-5-8-13-26)30-18-16-28(40-30)25-29-17-19-31(41-29)37(27-14-9-6-10-15-27)33-21-23-35(38)43-33/h5-10,12-23,25,40-42H,2-4,11,24H2,1H3. The summed E-state index contributed by atoms with van der Waals surface area (Å²) < 4.78 is 0. The Morgan fingerprint density at radius 1 is 0.558 bits per heavy atom. The molecule has 1 aliphatic heterocycles. The zero-order valence-electron chi connectivity index (χ0n) is 24.4. The van der Waals surface area contributed by atoms with Gasteiger partial charge in [0.2, 0.25) is 0 Å². The number of unbranched alkanes of at least 4 members (excludes halogenated alkanes) is 3. The monoisotopic (exact) mass is 561 g/mol. The molecular formula is C38H35N5. The van der Waals surface area contributed by atoms with Crippen molar-refractivity contribution in [2.24, 2.45) is 4.99 Å².